The van der Waals surface area contributed by atoms with Crippen molar-refractivity contribution in [1.29, 1.82) is 0 Å². The lowest BCUT2D eigenvalue weighted by molar-refractivity contribution is -0.143. The Hall–Kier alpha value is -3.51. The second-order valence-corrected chi connectivity index (χ2v) is 11.4. The van der Waals surface area contributed by atoms with Crippen LogP contribution in [0.25, 0.3) is 0 Å². The maximum absolute atomic E-state index is 14.5. The lowest BCUT2D eigenvalue weighted by Gasteiger charge is -2.38. The monoisotopic (exact) mass is 577 g/mol. The Morgan fingerprint density at radius 1 is 0.825 bits per heavy atom. The third kappa shape index (κ3) is 6.61. The molecule has 40 heavy (non-hydrogen) atoms. The highest BCUT2D eigenvalue weighted by molar-refractivity contribution is 6.08. The molecule has 0 spiro atoms. The molecule has 2 aromatic carbocycles. The topological polar surface area (TPSA) is 61.9 Å². The van der Waals surface area contributed by atoms with Crippen molar-refractivity contribution in [3.05, 3.63) is 58.2 Å². The molecule has 1 aliphatic rings. The van der Waals surface area contributed by atoms with Gasteiger partial charge >= 0.3 is 12.3 Å². The van der Waals surface area contributed by atoms with Crippen LogP contribution in [0.4, 0.5) is 46.9 Å². The van der Waals surface area contributed by atoms with Gasteiger partial charge in [-0.25, -0.2) is 22.4 Å². The van der Waals surface area contributed by atoms with E-state index in [9.17, 15) is 40.3 Å². The fourth-order valence-electron chi connectivity index (χ4n) is 4.08. The molecule has 0 radical (unpaired) electrons. The third-order valence-electron chi connectivity index (χ3n) is 6.17. The summed E-state index contributed by atoms with van der Waals surface area (Å²) in [5.74, 6) is -11.3. The molecule has 2 amide bonds. The fraction of sp³-hybridized carbons (Fsp3) is 0.481. The zero-order chi connectivity index (χ0) is 30.4. The highest BCUT2D eigenvalue weighted by Gasteiger charge is 2.42. The van der Waals surface area contributed by atoms with Crippen LogP contribution in [0.3, 0.4) is 0 Å². The largest absolute Gasteiger partial charge is 0.444 e. The summed E-state index contributed by atoms with van der Waals surface area (Å²) in [6.07, 6.45) is -6.23. The Balaban J connectivity index is 1.97. The molecule has 6 nitrogen and oxygen atoms in total. The number of carbonyl (C=O) groups is 2. The number of alkyl halides is 3. The van der Waals surface area contributed by atoms with Crippen LogP contribution in [-0.4, -0.2) is 48.7 Å². The average Bonchev–Trinajstić information content (AvgIpc) is 2.82. The first-order chi connectivity index (χ1) is 18.2. The SMILES string of the molecule is CC(C)(C)OC(=O)N1CCN(c2cc(C(C)(C)C)ccc2C(=O)Nc2c(F)c(F)c(C(F)(F)F)c(F)c2F)CC1. The fourth-order valence-corrected chi connectivity index (χ4v) is 4.08. The molecule has 3 rings (SSSR count). The predicted molar refractivity (Wildman–Crippen MR) is 134 cm³/mol. The summed E-state index contributed by atoms with van der Waals surface area (Å²) in [5.41, 5.74) is -4.60. The molecule has 0 aliphatic carbocycles. The van der Waals surface area contributed by atoms with E-state index in [4.69, 9.17) is 4.74 Å². The van der Waals surface area contributed by atoms with Crippen molar-refractivity contribution < 1.29 is 45.1 Å². The van der Waals surface area contributed by atoms with Crippen molar-refractivity contribution in [3.63, 3.8) is 0 Å². The van der Waals surface area contributed by atoms with Gasteiger partial charge in [-0.05, 0) is 43.9 Å². The molecular formula is C27H30F7N3O3. The Kier molecular flexibility index (Phi) is 8.38. The van der Waals surface area contributed by atoms with E-state index >= 15 is 0 Å². The molecular weight excluding hydrogens is 547 g/mol. The number of nitrogens with one attached hydrogen (secondary N) is 1. The number of piperazine rings is 1. The normalized spacial score (nSPS) is 14.8. The molecule has 1 fully saturated rings. The second kappa shape index (κ2) is 10.8. The molecule has 13 heteroatoms. The van der Waals surface area contributed by atoms with Gasteiger partial charge in [0.1, 0.15) is 16.9 Å². The van der Waals surface area contributed by atoms with Crippen molar-refractivity contribution in [2.45, 2.75) is 58.7 Å². The molecule has 1 aliphatic heterocycles. The van der Waals surface area contributed by atoms with Gasteiger partial charge < -0.3 is 19.9 Å². The van der Waals surface area contributed by atoms with Gasteiger partial charge in [0.25, 0.3) is 5.91 Å². The maximum atomic E-state index is 14.5. The summed E-state index contributed by atoms with van der Waals surface area (Å²) in [4.78, 5) is 28.8. The number of benzene rings is 2. The van der Waals surface area contributed by atoms with E-state index in [0.717, 1.165) is 5.56 Å². The van der Waals surface area contributed by atoms with Gasteiger partial charge in [-0.1, -0.05) is 26.8 Å². The van der Waals surface area contributed by atoms with Gasteiger partial charge in [0.2, 0.25) is 0 Å². The van der Waals surface area contributed by atoms with Crippen LogP contribution in [0.15, 0.2) is 18.2 Å². The highest BCUT2D eigenvalue weighted by atomic mass is 19.4. The zero-order valence-electron chi connectivity index (χ0n) is 22.8. The van der Waals surface area contributed by atoms with Gasteiger partial charge in [0, 0.05) is 31.9 Å². The number of hydrogen-bond acceptors (Lipinski definition) is 4. The van der Waals surface area contributed by atoms with Crippen molar-refractivity contribution in [1.82, 2.24) is 4.90 Å². The summed E-state index contributed by atoms with van der Waals surface area (Å²) in [6, 6.07) is 4.59. The second-order valence-electron chi connectivity index (χ2n) is 11.4. The van der Waals surface area contributed by atoms with Gasteiger partial charge in [0.15, 0.2) is 23.3 Å². The average molecular weight is 578 g/mol. The Bertz CT molecular complexity index is 1280. The Labute approximate surface area is 227 Å². The summed E-state index contributed by atoms with van der Waals surface area (Å²) < 4.78 is 101. The number of anilines is 2. The van der Waals surface area contributed by atoms with E-state index in [-0.39, 0.29) is 37.2 Å². The number of carbonyl (C=O) groups excluding carboxylic acids is 2. The Morgan fingerprint density at radius 2 is 1.35 bits per heavy atom. The molecule has 0 aromatic heterocycles. The van der Waals surface area contributed by atoms with Gasteiger partial charge in [0.05, 0.1) is 5.56 Å². The van der Waals surface area contributed by atoms with Crippen LogP contribution in [0, 0.1) is 23.3 Å². The van der Waals surface area contributed by atoms with Crippen molar-refractivity contribution in [2.24, 2.45) is 0 Å². The summed E-state index contributed by atoms with van der Waals surface area (Å²) >= 11 is 0. The minimum Gasteiger partial charge on any atom is -0.444 e. The molecule has 2 aromatic rings. The first-order valence-corrected chi connectivity index (χ1v) is 12.3. The first kappa shape index (κ1) is 31.0. The molecule has 0 atom stereocenters. The number of amides is 2. The molecule has 1 heterocycles. The number of ether oxygens (including phenoxy) is 1. The lowest BCUT2D eigenvalue weighted by Crippen LogP contribution is -2.50. The number of halogens is 7. The number of hydrogen-bond donors (Lipinski definition) is 1. The van der Waals surface area contributed by atoms with Crippen molar-refractivity contribution in [2.75, 3.05) is 36.4 Å². The van der Waals surface area contributed by atoms with Crippen LogP contribution in [0.5, 0.6) is 0 Å². The Morgan fingerprint density at radius 3 is 1.80 bits per heavy atom. The van der Waals surface area contributed by atoms with Crippen molar-refractivity contribution in [3.8, 4) is 0 Å². The molecule has 0 unspecified atom stereocenters. The molecule has 220 valence electrons. The standard InChI is InChI=1S/C27H30F7N3O3/c1-25(2,3)14-7-8-15(16(13-14)36-9-11-37(12-10-36)24(39)40-26(4,5)6)23(38)35-22-20(30)18(28)17(27(32,33)34)19(29)21(22)31/h7-8,13H,9-12H2,1-6H3,(H,35,38). The molecule has 1 saturated heterocycles. The minimum atomic E-state index is -5.71. The smallest absolute Gasteiger partial charge is 0.422 e. The lowest BCUT2D eigenvalue weighted by atomic mass is 9.86. The van der Waals surface area contributed by atoms with Crippen LogP contribution in [0.1, 0.15) is 63.0 Å². The zero-order valence-corrected chi connectivity index (χ0v) is 22.8. The van der Waals surface area contributed by atoms with Crippen molar-refractivity contribution >= 4 is 23.4 Å². The van der Waals surface area contributed by atoms with E-state index < -0.39 is 58.3 Å². The first-order valence-electron chi connectivity index (χ1n) is 12.3. The van der Waals surface area contributed by atoms with Gasteiger partial charge in [-0.3, -0.25) is 4.79 Å². The third-order valence-corrected chi connectivity index (χ3v) is 6.17. The molecule has 1 N–H and O–H groups in total. The molecule has 0 saturated carbocycles. The van der Waals surface area contributed by atoms with Crippen LogP contribution in [-0.2, 0) is 16.3 Å². The van der Waals surface area contributed by atoms with Crippen LogP contribution < -0.4 is 10.2 Å². The van der Waals surface area contributed by atoms with E-state index in [1.165, 1.54) is 11.0 Å². The maximum Gasteiger partial charge on any atom is 0.422 e. The minimum absolute atomic E-state index is 0.154. The number of nitrogens with zero attached hydrogens (tertiary/aromatic N) is 2. The summed E-state index contributed by atoms with van der Waals surface area (Å²) in [7, 11) is 0. The quantitative estimate of drug-likeness (QED) is 0.320. The van der Waals surface area contributed by atoms with Gasteiger partial charge in [-0.2, -0.15) is 13.2 Å². The van der Waals surface area contributed by atoms with E-state index in [1.54, 1.807) is 43.1 Å². The van der Waals surface area contributed by atoms with E-state index in [2.05, 4.69) is 0 Å². The summed E-state index contributed by atoms with van der Waals surface area (Å²) in [6.45, 7) is 11.8. The summed E-state index contributed by atoms with van der Waals surface area (Å²) in [5, 5.41) is 1.70. The van der Waals surface area contributed by atoms with E-state index in [1.807, 2.05) is 20.8 Å². The van der Waals surface area contributed by atoms with Crippen LogP contribution in [0.2, 0.25) is 0 Å². The molecule has 0 bridgehead atoms. The number of rotatable bonds is 3. The van der Waals surface area contributed by atoms with Gasteiger partial charge in [-0.15, -0.1) is 0 Å². The van der Waals surface area contributed by atoms with E-state index in [0.29, 0.717) is 5.69 Å². The predicted octanol–water partition coefficient (Wildman–Crippen LogP) is 6.87. The van der Waals surface area contributed by atoms with Crippen LogP contribution >= 0.6 is 0 Å². The highest BCUT2D eigenvalue weighted by Crippen LogP contribution is 2.39.